The number of amides is 1. The second-order valence-corrected chi connectivity index (χ2v) is 4.62. The maximum atomic E-state index is 12.4. The van der Waals surface area contributed by atoms with Crippen molar-refractivity contribution < 1.29 is 4.79 Å². The topological polar surface area (TPSA) is 59.2 Å². The van der Waals surface area contributed by atoms with E-state index in [4.69, 9.17) is 5.73 Å². The van der Waals surface area contributed by atoms with Crippen molar-refractivity contribution in [1.29, 1.82) is 0 Å². The molecule has 1 aromatic heterocycles. The van der Waals surface area contributed by atoms with Crippen molar-refractivity contribution in [2.75, 3.05) is 13.1 Å². The zero-order chi connectivity index (χ0) is 12.3. The molecule has 92 valence electrons. The van der Waals surface area contributed by atoms with E-state index in [1.54, 1.807) is 12.4 Å². The first-order chi connectivity index (χ1) is 8.22. The van der Waals surface area contributed by atoms with E-state index in [0.717, 1.165) is 18.4 Å². The predicted octanol–water partition coefficient (Wildman–Crippen LogP) is 1.34. The number of carbonyl (C=O) groups excluding carboxylic acids is 1. The number of nitrogens with zero attached hydrogens (tertiary/aromatic N) is 2. The van der Waals surface area contributed by atoms with Gasteiger partial charge in [0.2, 0.25) is 0 Å². The Morgan fingerprint density at radius 2 is 2.29 bits per heavy atom. The van der Waals surface area contributed by atoms with Gasteiger partial charge in [0.1, 0.15) is 0 Å². The third kappa shape index (κ3) is 2.64. The normalized spacial score (nSPS) is 15.4. The number of hydrogen-bond donors (Lipinski definition) is 1. The van der Waals surface area contributed by atoms with Gasteiger partial charge in [-0.15, -0.1) is 0 Å². The van der Waals surface area contributed by atoms with E-state index in [1.165, 1.54) is 6.42 Å². The molecule has 0 spiro atoms. The van der Waals surface area contributed by atoms with Crippen molar-refractivity contribution in [2.45, 2.75) is 32.2 Å². The maximum absolute atomic E-state index is 12.4. The Morgan fingerprint density at radius 1 is 1.53 bits per heavy atom. The van der Waals surface area contributed by atoms with Gasteiger partial charge < -0.3 is 10.6 Å². The van der Waals surface area contributed by atoms with Crippen molar-refractivity contribution in [1.82, 2.24) is 9.88 Å². The molecule has 0 atom stereocenters. The summed E-state index contributed by atoms with van der Waals surface area (Å²) >= 11 is 0. The average Bonchev–Trinajstić information content (AvgIpc) is 2.25. The Bertz CT molecular complexity index is 401. The first-order valence-electron chi connectivity index (χ1n) is 6.15. The first-order valence-corrected chi connectivity index (χ1v) is 6.15. The van der Waals surface area contributed by atoms with E-state index < -0.39 is 0 Å². The monoisotopic (exact) mass is 233 g/mol. The number of aromatic nitrogens is 1. The third-order valence-electron chi connectivity index (χ3n) is 3.27. The molecule has 1 aliphatic rings. The van der Waals surface area contributed by atoms with Gasteiger partial charge in [0, 0.05) is 31.5 Å². The van der Waals surface area contributed by atoms with Crippen LogP contribution in [0.3, 0.4) is 0 Å². The lowest BCUT2D eigenvalue weighted by Crippen LogP contribution is -2.46. The second kappa shape index (κ2) is 5.27. The molecule has 0 radical (unpaired) electrons. The lowest BCUT2D eigenvalue weighted by molar-refractivity contribution is 0.0588. The largest absolute Gasteiger partial charge is 0.334 e. The maximum Gasteiger partial charge on any atom is 0.255 e. The van der Waals surface area contributed by atoms with E-state index >= 15 is 0 Å². The van der Waals surface area contributed by atoms with E-state index in [-0.39, 0.29) is 5.91 Å². The summed E-state index contributed by atoms with van der Waals surface area (Å²) in [6.45, 7) is 3.10. The van der Waals surface area contributed by atoms with Crippen molar-refractivity contribution in [3.8, 4) is 0 Å². The zero-order valence-corrected chi connectivity index (χ0v) is 10.2. The molecule has 1 fully saturated rings. The Kier molecular flexibility index (Phi) is 3.74. The van der Waals surface area contributed by atoms with Gasteiger partial charge in [0.25, 0.3) is 5.91 Å². The summed E-state index contributed by atoms with van der Waals surface area (Å²) in [6.07, 6.45) is 6.81. The summed E-state index contributed by atoms with van der Waals surface area (Å²) in [7, 11) is 0. The molecule has 2 rings (SSSR count). The van der Waals surface area contributed by atoms with Gasteiger partial charge in [0.05, 0.1) is 5.56 Å². The summed E-state index contributed by atoms with van der Waals surface area (Å²) in [5.41, 5.74) is 7.27. The number of rotatable bonds is 4. The molecule has 0 aliphatic heterocycles. The fourth-order valence-electron chi connectivity index (χ4n) is 2.13. The molecule has 0 aromatic carbocycles. The summed E-state index contributed by atoms with van der Waals surface area (Å²) in [4.78, 5) is 18.3. The molecule has 1 amide bonds. The number of pyridine rings is 1. The molecule has 0 unspecified atom stereocenters. The number of nitrogens with two attached hydrogens (primary N) is 1. The van der Waals surface area contributed by atoms with E-state index in [9.17, 15) is 4.79 Å². The quantitative estimate of drug-likeness (QED) is 0.853. The fraction of sp³-hybridized carbons (Fsp3) is 0.538. The molecular weight excluding hydrogens is 214 g/mol. The number of hydrogen-bond acceptors (Lipinski definition) is 3. The smallest absolute Gasteiger partial charge is 0.255 e. The van der Waals surface area contributed by atoms with E-state index in [2.05, 4.69) is 4.98 Å². The van der Waals surface area contributed by atoms with E-state index in [1.807, 2.05) is 17.9 Å². The fourth-order valence-corrected chi connectivity index (χ4v) is 2.13. The van der Waals surface area contributed by atoms with Crippen LogP contribution in [0.25, 0.3) is 0 Å². The third-order valence-corrected chi connectivity index (χ3v) is 3.27. The second-order valence-electron chi connectivity index (χ2n) is 4.62. The van der Waals surface area contributed by atoms with Crippen LogP contribution in [0.1, 0.15) is 35.2 Å². The molecule has 4 nitrogen and oxygen atoms in total. The number of carbonyl (C=O) groups is 1. The Morgan fingerprint density at radius 3 is 2.82 bits per heavy atom. The van der Waals surface area contributed by atoms with Crippen LogP contribution in [0.2, 0.25) is 0 Å². The highest BCUT2D eigenvalue weighted by Gasteiger charge is 2.28. The van der Waals surface area contributed by atoms with Crippen molar-refractivity contribution in [3.63, 3.8) is 0 Å². The summed E-state index contributed by atoms with van der Waals surface area (Å²) in [5.74, 6) is 0.0661. The van der Waals surface area contributed by atoms with Crippen LogP contribution in [-0.2, 0) is 0 Å². The molecule has 0 saturated heterocycles. The van der Waals surface area contributed by atoms with E-state index in [0.29, 0.717) is 24.7 Å². The standard InChI is InChI=1S/C13H19N3O/c1-10-7-11(9-15-8-10)13(17)16(6-5-14)12-3-2-4-12/h7-9,12H,2-6,14H2,1H3. The molecule has 2 N–H and O–H groups in total. The van der Waals surface area contributed by atoms with Crippen molar-refractivity contribution >= 4 is 5.91 Å². The van der Waals surface area contributed by atoms with Crippen LogP contribution in [0.4, 0.5) is 0 Å². The van der Waals surface area contributed by atoms with Gasteiger partial charge in [-0.1, -0.05) is 0 Å². The lowest BCUT2D eigenvalue weighted by atomic mass is 9.91. The average molecular weight is 233 g/mol. The van der Waals surface area contributed by atoms with Crippen LogP contribution < -0.4 is 5.73 Å². The molecule has 1 aromatic rings. The van der Waals surface area contributed by atoms with Gasteiger partial charge in [-0.3, -0.25) is 9.78 Å². The highest BCUT2D eigenvalue weighted by atomic mass is 16.2. The van der Waals surface area contributed by atoms with Crippen molar-refractivity contribution in [2.24, 2.45) is 5.73 Å². The summed E-state index contributed by atoms with van der Waals surface area (Å²) in [5, 5.41) is 0. The SMILES string of the molecule is Cc1cncc(C(=O)N(CCN)C2CCC2)c1. The van der Waals surface area contributed by atoms with Gasteiger partial charge >= 0.3 is 0 Å². The molecule has 0 bridgehead atoms. The summed E-state index contributed by atoms with van der Waals surface area (Å²) < 4.78 is 0. The molecular formula is C13H19N3O. The zero-order valence-electron chi connectivity index (χ0n) is 10.2. The van der Waals surface area contributed by atoms with Crippen LogP contribution in [0.15, 0.2) is 18.5 Å². The minimum absolute atomic E-state index is 0.0661. The minimum Gasteiger partial charge on any atom is -0.334 e. The van der Waals surface area contributed by atoms with Gasteiger partial charge in [-0.2, -0.15) is 0 Å². The lowest BCUT2D eigenvalue weighted by Gasteiger charge is -2.37. The Labute approximate surface area is 102 Å². The Balaban J connectivity index is 2.15. The summed E-state index contributed by atoms with van der Waals surface area (Å²) in [6, 6.07) is 2.27. The highest BCUT2D eigenvalue weighted by molar-refractivity contribution is 5.94. The van der Waals surface area contributed by atoms with Crippen LogP contribution in [0, 0.1) is 6.92 Å². The minimum atomic E-state index is 0.0661. The van der Waals surface area contributed by atoms with Crippen LogP contribution in [0.5, 0.6) is 0 Å². The molecule has 1 aliphatic carbocycles. The van der Waals surface area contributed by atoms with Crippen LogP contribution in [-0.4, -0.2) is 34.9 Å². The number of aryl methyl sites for hydroxylation is 1. The van der Waals surface area contributed by atoms with Crippen LogP contribution >= 0.6 is 0 Å². The molecule has 1 saturated carbocycles. The highest BCUT2D eigenvalue weighted by Crippen LogP contribution is 2.25. The molecule has 1 heterocycles. The molecule has 17 heavy (non-hydrogen) atoms. The first kappa shape index (κ1) is 12.0. The van der Waals surface area contributed by atoms with Gasteiger partial charge in [-0.25, -0.2) is 0 Å². The Hall–Kier alpha value is -1.42. The van der Waals surface area contributed by atoms with Gasteiger partial charge in [-0.05, 0) is 37.8 Å². The molecule has 4 heteroatoms. The van der Waals surface area contributed by atoms with Crippen molar-refractivity contribution in [3.05, 3.63) is 29.6 Å². The predicted molar refractivity (Wildman–Crippen MR) is 66.7 cm³/mol. The van der Waals surface area contributed by atoms with Gasteiger partial charge in [0.15, 0.2) is 0 Å².